The molecule has 0 aliphatic carbocycles. The van der Waals surface area contributed by atoms with Crippen molar-refractivity contribution in [2.75, 3.05) is 32.5 Å². The van der Waals surface area contributed by atoms with Crippen molar-refractivity contribution in [2.45, 2.75) is 65.6 Å². The molecule has 1 aliphatic heterocycles. The number of hydrogen-bond acceptors (Lipinski definition) is 14. The van der Waals surface area contributed by atoms with Crippen LogP contribution in [0.1, 0.15) is 47.8 Å². The summed E-state index contributed by atoms with van der Waals surface area (Å²) in [5.74, 6) is -1.62. The first-order valence-electron chi connectivity index (χ1n) is 12.1. The van der Waals surface area contributed by atoms with Gasteiger partial charge in [-0.1, -0.05) is 5.11 Å². The van der Waals surface area contributed by atoms with E-state index >= 15 is 4.39 Å². The molecule has 1 aromatic heterocycles. The molecule has 3 N–H and O–H groups in total. The van der Waals surface area contributed by atoms with Crippen molar-refractivity contribution in [3.63, 3.8) is 0 Å². The van der Waals surface area contributed by atoms with E-state index in [1.54, 1.807) is 41.5 Å². The van der Waals surface area contributed by atoms with E-state index in [0.717, 1.165) is 6.20 Å². The Labute approximate surface area is 234 Å². The number of aliphatic hydroxyl groups is 1. The van der Waals surface area contributed by atoms with Crippen LogP contribution in [0, 0.1) is 10.8 Å². The Balaban J connectivity index is 2.31. The zero-order valence-corrected chi connectivity index (χ0v) is 24.3. The summed E-state index contributed by atoms with van der Waals surface area (Å²) < 4.78 is 60.2. The Hall–Kier alpha value is -3.11. The fourth-order valence-corrected chi connectivity index (χ4v) is 4.08. The quantitative estimate of drug-likeness (QED) is 0.0866. The van der Waals surface area contributed by atoms with Crippen molar-refractivity contribution in [1.29, 1.82) is 0 Å². The van der Waals surface area contributed by atoms with Crippen molar-refractivity contribution in [3.05, 3.63) is 33.2 Å². The summed E-state index contributed by atoms with van der Waals surface area (Å²) in [4.78, 5) is 42.5. The summed E-state index contributed by atoms with van der Waals surface area (Å²) >= 11 is 0. The van der Waals surface area contributed by atoms with Crippen molar-refractivity contribution in [2.24, 2.45) is 15.9 Å². The molecule has 1 fully saturated rings. The monoisotopic (exact) mass is 608 g/mol. The number of esters is 2. The van der Waals surface area contributed by atoms with Crippen molar-refractivity contribution >= 4 is 25.6 Å². The molecule has 0 spiro atoms. The molecule has 0 bridgehead atoms. The van der Waals surface area contributed by atoms with Crippen LogP contribution >= 0.6 is 7.82 Å². The van der Waals surface area contributed by atoms with Crippen LogP contribution in [0.4, 0.5) is 10.2 Å². The van der Waals surface area contributed by atoms with Gasteiger partial charge in [-0.15, -0.1) is 0 Å². The van der Waals surface area contributed by atoms with Crippen molar-refractivity contribution in [1.82, 2.24) is 9.55 Å². The van der Waals surface area contributed by atoms with E-state index in [1.165, 1.54) is 6.07 Å². The molecule has 0 amide bonds. The Morgan fingerprint density at radius 3 is 2.20 bits per heavy atom. The molecule has 2 rings (SSSR count). The van der Waals surface area contributed by atoms with E-state index in [2.05, 4.69) is 15.0 Å². The molecule has 230 valence electrons. The third-order valence-electron chi connectivity index (χ3n) is 5.49. The molecule has 1 unspecified atom stereocenters. The maximum absolute atomic E-state index is 15.3. The second-order valence-corrected chi connectivity index (χ2v) is 12.6. The molecule has 17 nitrogen and oxygen atoms in total. The van der Waals surface area contributed by atoms with Gasteiger partial charge < -0.3 is 25.1 Å². The number of hydrogen-bond donors (Lipinski definition) is 2. The number of ether oxygens (including phenoxy) is 3. The summed E-state index contributed by atoms with van der Waals surface area (Å²) in [6, 6.07) is 1.18. The van der Waals surface area contributed by atoms with Gasteiger partial charge in [0.2, 0.25) is 13.6 Å². The molecule has 0 saturated carbocycles. The molecular formula is C22H34FN6O11P. The number of nitrogens with zero attached hydrogens (tertiary/aromatic N) is 5. The summed E-state index contributed by atoms with van der Waals surface area (Å²) in [7, 11) is -4.82. The number of nitrogen functional groups attached to an aromatic ring is 1. The Bertz CT molecular complexity index is 1220. The highest BCUT2D eigenvalue weighted by atomic mass is 31.2. The standard InChI is InChI=1S/C22H34FN6O11P/c1-20(2,3)17(31)35-11-38-41(34,39-12-36-18(32)21(4,5)6)37-10-22(9-26-28-25)15(30)14(23)16(40-22)29-8-7-13(24)27-19(29)33/h7-8,14-16,30H,9-12H2,1-6H3,(H2,24,27,33)/t14-,15+,16?,22-/m1/s1. The second-order valence-electron chi connectivity index (χ2n) is 11.0. The number of azide groups is 1. The number of alkyl halides is 1. The van der Waals surface area contributed by atoms with Crippen LogP contribution in [0.3, 0.4) is 0 Å². The van der Waals surface area contributed by atoms with Gasteiger partial charge in [-0.3, -0.25) is 18.7 Å². The fourth-order valence-electron chi connectivity index (χ4n) is 3.12. The second kappa shape index (κ2) is 13.2. The lowest BCUT2D eigenvalue weighted by atomic mass is 9.97. The van der Waals surface area contributed by atoms with E-state index in [-0.39, 0.29) is 5.82 Å². The first-order valence-corrected chi connectivity index (χ1v) is 13.5. The molecule has 41 heavy (non-hydrogen) atoms. The molecule has 1 aliphatic rings. The van der Waals surface area contributed by atoms with Gasteiger partial charge in [0, 0.05) is 11.1 Å². The van der Waals surface area contributed by atoms with Crippen LogP contribution in [0.5, 0.6) is 0 Å². The minimum atomic E-state index is -4.82. The largest absolute Gasteiger partial charge is 0.480 e. The molecule has 4 atom stereocenters. The lowest BCUT2D eigenvalue weighted by Gasteiger charge is -2.31. The number of carbonyl (C=O) groups is 2. The summed E-state index contributed by atoms with van der Waals surface area (Å²) in [6.45, 7) is 5.68. The average molecular weight is 609 g/mol. The predicted molar refractivity (Wildman–Crippen MR) is 137 cm³/mol. The first kappa shape index (κ1) is 34.1. The number of aliphatic hydroxyl groups excluding tert-OH is 1. The van der Waals surface area contributed by atoms with Crippen LogP contribution < -0.4 is 11.4 Å². The number of phosphoric ester groups is 1. The topological polar surface area (TPSA) is 236 Å². The van der Waals surface area contributed by atoms with E-state index in [1.807, 2.05) is 0 Å². The highest BCUT2D eigenvalue weighted by Gasteiger charge is 2.57. The number of phosphoric acid groups is 1. The normalized spacial score (nSPS) is 23.1. The molecule has 19 heteroatoms. The molecule has 1 aromatic rings. The zero-order chi connectivity index (χ0) is 31.2. The summed E-state index contributed by atoms with van der Waals surface area (Å²) in [5, 5.41) is 14.1. The molecule has 0 aromatic carbocycles. The fraction of sp³-hybridized carbons (Fsp3) is 0.727. The van der Waals surface area contributed by atoms with Crippen LogP contribution in [0.25, 0.3) is 10.4 Å². The van der Waals surface area contributed by atoms with E-state index in [4.69, 9.17) is 39.0 Å². The molecular weight excluding hydrogens is 574 g/mol. The summed E-state index contributed by atoms with van der Waals surface area (Å²) in [5.41, 5.74) is 9.18. The van der Waals surface area contributed by atoms with Gasteiger partial charge in [0.05, 0.1) is 24.0 Å². The average Bonchev–Trinajstić information content (AvgIpc) is 3.10. The van der Waals surface area contributed by atoms with Gasteiger partial charge in [-0.05, 0) is 53.1 Å². The lowest BCUT2D eigenvalue weighted by Crippen LogP contribution is -2.48. The van der Waals surface area contributed by atoms with Gasteiger partial charge in [-0.2, -0.15) is 4.98 Å². The van der Waals surface area contributed by atoms with Crippen LogP contribution in [-0.2, 0) is 41.9 Å². The minimum Gasteiger partial charge on any atom is -0.437 e. The third-order valence-corrected chi connectivity index (χ3v) is 6.78. The lowest BCUT2D eigenvalue weighted by molar-refractivity contribution is -0.165. The van der Waals surface area contributed by atoms with Crippen molar-refractivity contribution in [3.8, 4) is 0 Å². The van der Waals surface area contributed by atoms with Crippen LogP contribution in [0.15, 0.2) is 22.2 Å². The Kier molecular flexibility index (Phi) is 11.0. The predicted octanol–water partition coefficient (Wildman–Crippen LogP) is 2.35. The first-order chi connectivity index (χ1) is 18.8. The molecule has 2 heterocycles. The number of aromatic nitrogens is 2. The zero-order valence-electron chi connectivity index (χ0n) is 23.4. The van der Waals surface area contributed by atoms with Gasteiger partial charge in [0.25, 0.3) is 0 Å². The number of nitrogens with two attached hydrogens (primary N) is 1. The number of halogens is 1. The Morgan fingerprint density at radius 2 is 1.73 bits per heavy atom. The van der Waals surface area contributed by atoms with Crippen molar-refractivity contribution < 1.29 is 51.4 Å². The number of rotatable bonds is 12. The van der Waals surface area contributed by atoms with Gasteiger partial charge in [0.15, 0.2) is 12.4 Å². The molecule has 1 saturated heterocycles. The van der Waals surface area contributed by atoms with Gasteiger partial charge in [0.1, 0.15) is 17.5 Å². The van der Waals surface area contributed by atoms with Crippen LogP contribution in [0.2, 0.25) is 0 Å². The SMILES string of the molecule is CC(C)(C)C(=O)OCOP(=O)(OCOC(=O)C(C)(C)C)OC[C@@]1(CN=[N+]=[N-])OC(n2ccc(N)nc2=O)[C@H](F)[C@@H]1O. The van der Waals surface area contributed by atoms with Gasteiger partial charge in [-0.25, -0.2) is 22.8 Å². The van der Waals surface area contributed by atoms with E-state index < -0.39 is 87.1 Å². The highest BCUT2D eigenvalue weighted by molar-refractivity contribution is 7.48. The minimum absolute atomic E-state index is 0.154. The third kappa shape index (κ3) is 8.94. The Morgan fingerprint density at radius 1 is 1.20 bits per heavy atom. The maximum Gasteiger partial charge on any atom is 0.480 e. The van der Waals surface area contributed by atoms with Crippen LogP contribution in [-0.4, -0.2) is 71.2 Å². The smallest absolute Gasteiger partial charge is 0.437 e. The van der Waals surface area contributed by atoms with Gasteiger partial charge >= 0.3 is 25.5 Å². The number of anilines is 1. The van der Waals surface area contributed by atoms with E-state index in [0.29, 0.717) is 4.57 Å². The number of carbonyl (C=O) groups excluding carboxylic acids is 2. The molecule has 0 radical (unpaired) electrons. The summed E-state index contributed by atoms with van der Waals surface area (Å²) in [6.07, 6.45) is -5.11. The highest BCUT2D eigenvalue weighted by Crippen LogP contribution is 2.52. The van der Waals surface area contributed by atoms with E-state index in [9.17, 15) is 24.1 Å². The maximum atomic E-state index is 15.3.